The number of nitrogens with zero attached hydrogens (tertiary/aromatic N) is 1. The van der Waals surface area contributed by atoms with Crippen molar-refractivity contribution in [2.45, 2.75) is 32.2 Å². The first kappa shape index (κ1) is 16.0. The average molecular weight is 317 g/mol. The Bertz CT molecular complexity index is 597. The summed E-state index contributed by atoms with van der Waals surface area (Å²) in [5, 5.41) is 6.19. The number of rotatable bonds is 3. The van der Waals surface area contributed by atoms with Gasteiger partial charge >= 0.3 is 0 Å². The number of fused-ring (bicyclic) bond motifs is 1. The summed E-state index contributed by atoms with van der Waals surface area (Å²) in [6, 6.07) is 5.82. The summed E-state index contributed by atoms with van der Waals surface area (Å²) in [7, 11) is 0. The molecule has 1 saturated heterocycles. The van der Waals surface area contributed by atoms with Crippen molar-refractivity contribution in [1.29, 1.82) is 0 Å². The second kappa shape index (κ2) is 7.10. The molecule has 2 amide bonds. The van der Waals surface area contributed by atoms with Crippen LogP contribution in [0.4, 0.5) is 11.4 Å². The highest BCUT2D eigenvalue weighted by atomic mass is 16.5. The molecule has 1 aromatic rings. The maximum absolute atomic E-state index is 12.7. The maximum atomic E-state index is 12.7. The molecule has 6 heteroatoms. The number of amides is 2. The molecule has 0 aromatic heterocycles. The first-order chi connectivity index (χ1) is 11.1. The largest absolute Gasteiger partial charge is 0.378 e. The predicted octanol–water partition coefficient (Wildman–Crippen LogP) is 1.30. The van der Waals surface area contributed by atoms with Gasteiger partial charge in [-0.3, -0.25) is 9.59 Å². The zero-order valence-electron chi connectivity index (χ0n) is 13.4. The third-order valence-corrected chi connectivity index (χ3v) is 4.28. The first-order valence-electron chi connectivity index (χ1n) is 8.16. The Labute approximate surface area is 136 Å². The molecule has 0 saturated carbocycles. The van der Waals surface area contributed by atoms with Crippen molar-refractivity contribution in [1.82, 2.24) is 5.32 Å². The van der Waals surface area contributed by atoms with Gasteiger partial charge in [-0.1, -0.05) is 6.07 Å². The van der Waals surface area contributed by atoms with Crippen molar-refractivity contribution in [2.75, 3.05) is 36.5 Å². The Morgan fingerprint density at radius 2 is 2.30 bits per heavy atom. The molecule has 0 radical (unpaired) electrons. The first-order valence-corrected chi connectivity index (χ1v) is 8.16. The molecule has 1 aromatic carbocycles. The molecule has 2 aliphatic rings. The molecular weight excluding hydrogens is 294 g/mol. The number of carbonyl (C=O) groups is 2. The Morgan fingerprint density at radius 1 is 1.43 bits per heavy atom. The van der Waals surface area contributed by atoms with Crippen molar-refractivity contribution in [3.63, 3.8) is 0 Å². The van der Waals surface area contributed by atoms with E-state index in [2.05, 4.69) is 10.6 Å². The predicted molar refractivity (Wildman–Crippen MR) is 88.6 cm³/mol. The van der Waals surface area contributed by atoms with E-state index in [1.165, 1.54) is 6.92 Å². The molecule has 2 N–H and O–H groups in total. The van der Waals surface area contributed by atoms with Crippen LogP contribution >= 0.6 is 0 Å². The molecule has 1 fully saturated rings. The number of anilines is 2. The van der Waals surface area contributed by atoms with Gasteiger partial charge in [0, 0.05) is 43.9 Å². The van der Waals surface area contributed by atoms with Gasteiger partial charge in [0.1, 0.15) is 0 Å². The lowest BCUT2D eigenvalue weighted by Gasteiger charge is -2.32. The highest BCUT2D eigenvalue weighted by Crippen LogP contribution is 2.33. The van der Waals surface area contributed by atoms with Crippen LogP contribution in [0.5, 0.6) is 0 Å². The summed E-state index contributed by atoms with van der Waals surface area (Å²) in [4.78, 5) is 25.9. The maximum Gasteiger partial charge on any atom is 0.228 e. The van der Waals surface area contributed by atoms with E-state index in [1.807, 2.05) is 23.1 Å². The van der Waals surface area contributed by atoms with Gasteiger partial charge in [-0.25, -0.2) is 0 Å². The monoisotopic (exact) mass is 317 g/mol. The fourth-order valence-electron chi connectivity index (χ4n) is 3.26. The highest BCUT2D eigenvalue weighted by molar-refractivity contribution is 5.97. The Kier molecular flexibility index (Phi) is 4.93. The quantitative estimate of drug-likeness (QED) is 0.882. The molecule has 2 aliphatic heterocycles. The van der Waals surface area contributed by atoms with Gasteiger partial charge < -0.3 is 20.3 Å². The zero-order chi connectivity index (χ0) is 16.2. The van der Waals surface area contributed by atoms with Crippen molar-refractivity contribution in [3.05, 3.63) is 23.8 Å². The van der Waals surface area contributed by atoms with E-state index < -0.39 is 0 Å². The SMILES string of the molecule is CC(=O)Nc1cccc2c1CCCN2C(=O)CC1COCCN1. The number of benzene rings is 1. The number of morpholine rings is 1. The fraction of sp³-hybridized carbons (Fsp3) is 0.529. The van der Waals surface area contributed by atoms with E-state index in [1.54, 1.807) is 0 Å². The van der Waals surface area contributed by atoms with Gasteiger partial charge in [0.2, 0.25) is 11.8 Å². The van der Waals surface area contributed by atoms with Gasteiger partial charge in [-0.15, -0.1) is 0 Å². The lowest BCUT2D eigenvalue weighted by molar-refractivity contribution is -0.120. The average Bonchev–Trinajstić information content (AvgIpc) is 2.55. The standard InChI is InChI=1S/C17H23N3O3/c1-12(21)19-15-5-2-6-16-14(15)4-3-8-20(16)17(22)10-13-11-23-9-7-18-13/h2,5-6,13,18H,3-4,7-11H2,1H3,(H,19,21). The second-order valence-corrected chi connectivity index (χ2v) is 6.06. The van der Waals surface area contributed by atoms with Crippen LogP contribution in [0.2, 0.25) is 0 Å². The molecular formula is C17H23N3O3. The molecule has 1 atom stereocenters. The lowest BCUT2D eigenvalue weighted by atomic mass is 9.98. The molecule has 3 rings (SSSR count). The zero-order valence-corrected chi connectivity index (χ0v) is 13.4. The molecule has 0 spiro atoms. The summed E-state index contributed by atoms with van der Waals surface area (Å²) in [6.45, 7) is 4.31. The van der Waals surface area contributed by atoms with Crippen LogP contribution in [0, 0.1) is 0 Å². The van der Waals surface area contributed by atoms with Crippen LogP contribution in [0.1, 0.15) is 25.3 Å². The summed E-state index contributed by atoms with van der Waals surface area (Å²) in [6.07, 6.45) is 2.22. The minimum atomic E-state index is -0.0922. The summed E-state index contributed by atoms with van der Waals surface area (Å²) < 4.78 is 5.42. The smallest absolute Gasteiger partial charge is 0.228 e. The van der Waals surface area contributed by atoms with Crippen molar-refractivity contribution in [2.24, 2.45) is 0 Å². The third-order valence-electron chi connectivity index (χ3n) is 4.28. The van der Waals surface area contributed by atoms with Crippen LogP contribution in [-0.4, -0.2) is 44.2 Å². The lowest BCUT2D eigenvalue weighted by Crippen LogP contribution is -2.46. The van der Waals surface area contributed by atoms with E-state index >= 15 is 0 Å². The molecule has 2 heterocycles. The Hall–Kier alpha value is -1.92. The van der Waals surface area contributed by atoms with Crippen LogP contribution < -0.4 is 15.5 Å². The Morgan fingerprint density at radius 3 is 3.04 bits per heavy atom. The number of nitrogens with one attached hydrogen (secondary N) is 2. The second-order valence-electron chi connectivity index (χ2n) is 6.06. The van der Waals surface area contributed by atoms with Gasteiger partial charge in [0.25, 0.3) is 0 Å². The van der Waals surface area contributed by atoms with Crippen molar-refractivity contribution >= 4 is 23.2 Å². The topological polar surface area (TPSA) is 70.7 Å². The normalized spacial score (nSPS) is 20.7. The van der Waals surface area contributed by atoms with Crippen LogP contribution in [0.3, 0.4) is 0 Å². The summed E-state index contributed by atoms with van der Waals surface area (Å²) >= 11 is 0. The van der Waals surface area contributed by atoms with Gasteiger partial charge in [-0.2, -0.15) is 0 Å². The minimum Gasteiger partial charge on any atom is -0.378 e. The number of ether oxygens (including phenoxy) is 1. The van der Waals surface area contributed by atoms with E-state index in [0.717, 1.165) is 42.9 Å². The summed E-state index contributed by atoms with van der Waals surface area (Å²) in [5.41, 5.74) is 2.78. The van der Waals surface area contributed by atoms with Gasteiger partial charge in [0.15, 0.2) is 0 Å². The fourth-order valence-corrected chi connectivity index (χ4v) is 3.26. The number of hydrogen-bond acceptors (Lipinski definition) is 4. The number of hydrogen-bond donors (Lipinski definition) is 2. The van der Waals surface area contributed by atoms with Crippen molar-refractivity contribution in [3.8, 4) is 0 Å². The van der Waals surface area contributed by atoms with E-state index in [4.69, 9.17) is 4.74 Å². The summed E-state index contributed by atoms with van der Waals surface area (Å²) in [5.74, 6) is 0.0133. The molecule has 23 heavy (non-hydrogen) atoms. The van der Waals surface area contributed by atoms with E-state index in [-0.39, 0.29) is 17.9 Å². The van der Waals surface area contributed by atoms with Crippen LogP contribution in [0.15, 0.2) is 18.2 Å². The highest BCUT2D eigenvalue weighted by Gasteiger charge is 2.27. The molecule has 6 nitrogen and oxygen atoms in total. The molecule has 0 aliphatic carbocycles. The van der Waals surface area contributed by atoms with Gasteiger partial charge in [-0.05, 0) is 30.5 Å². The van der Waals surface area contributed by atoms with Crippen LogP contribution in [-0.2, 0) is 20.7 Å². The van der Waals surface area contributed by atoms with E-state index in [0.29, 0.717) is 19.6 Å². The molecule has 1 unspecified atom stereocenters. The molecule has 0 bridgehead atoms. The number of carbonyl (C=O) groups excluding carboxylic acids is 2. The van der Waals surface area contributed by atoms with Gasteiger partial charge in [0.05, 0.1) is 13.2 Å². The van der Waals surface area contributed by atoms with Crippen LogP contribution in [0.25, 0.3) is 0 Å². The van der Waals surface area contributed by atoms with E-state index in [9.17, 15) is 9.59 Å². The third kappa shape index (κ3) is 3.71. The van der Waals surface area contributed by atoms with Crippen molar-refractivity contribution < 1.29 is 14.3 Å². The molecule has 124 valence electrons. The minimum absolute atomic E-state index is 0.0835. The Balaban J connectivity index is 1.77.